The molecule has 0 saturated heterocycles. The standard InChI is InChI=1S/C24H20ClNO2.C2H6/c1-2-26-21-10-8-17(23(27)12-13-25)14-19(21)20-15-18(9-11-22(20)26)24(28)16-6-4-3-5-7-16;1-2/h3-11,14-15H,2,12-13H2,1H3;1-2H3. The topological polar surface area (TPSA) is 39.1 Å². The number of halogens is 1. The van der Waals surface area contributed by atoms with Crippen molar-refractivity contribution in [2.45, 2.75) is 33.7 Å². The largest absolute Gasteiger partial charge is 0.341 e. The molecular formula is C26H26ClNO2. The molecule has 0 aliphatic carbocycles. The Morgan fingerprint density at radius 1 is 0.800 bits per heavy atom. The lowest BCUT2D eigenvalue weighted by atomic mass is 10.00. The number of carbonyl (C=O) groups is 2. The summed E-state index contributed by atoms with van der Waals surface area (Å²) in [5.41, 5.74) is 4.08. The SMILES string of the molecule is CC.CCn1c2ccc(C(=O)CCCl)cc2c2cc(C(=O)c3ccccc3)ccc21. The van der Waals surface area contributed by atoms with Gasteiger partial charge in [-0.15, -0.1) is 11.6 Å². The number of hydrogen-bond donors (Lipinski definition) is 0. The second-order valence-corrected chi connectivity index (χ2v) is 7.14. The van der Waals surface area contributed by atoms with Gasteiger partial charge in [-0.3, -0.25) is 9.59 Å². The summed E-state index contributed by atoms with van der Waals surface area (Å²) >= 11 is 5.74. The van der Waals surface area contributed by atoms with E-state index in [2.05, 4.69) is 11.5 Å². The van der Waals surface area contributed by atoms with Crippen molar-refractivity contribution in [1.29, 1.82) is 0 Å². The Balaban J connectivity index is 0.00000124. The normalized spacial score (nSPS) is 10.7. The Hall–Kier alpha value is -2.91. The number of alkyl halides is 1. The molecule has 3 nitrogen and oxygen atoms in total. The number of aromatic nitrogens is 1. The minimum Gasteiger partial charge on any atom is -0.341 e. The van der Waals surface area contributed by atoms with E-state index < -0.39 is 0 Å². The van der Waals surface area contributed by atoms with Crippen molar-refractivity contribution in [3.8, 4) is 0 Å². The zero-order valence-corrected chi connectivity index (χ0v) is 18.4. The maximum atomic E-state index is 12.9. The lowest BCUT2D eigenvalue weighted by Crippen LogP contribution is -2.01. The maximum Gasteiger partial charge on any atom is 0.193 e. The van der Waals surface area contributed by atoms with Gasteiger partial charge in [-0.1, -0.05) is 44.2 Å². The second-order valence-electron chi connectivity index (χ2n) is 6.77. The molecule has 154 valence electrons. The van der Waals surface area contributed by atoms with Gasteiger partial charge in [0.25, 0.3) is 0 Å². The van der Waals surface area contributed by atoms with Gasteiger partial charge in [-0.2, -0.15) is 0 Å². The third-order valence-electron chi connectivity index (χ3n) is 5.12. The fraction of sp³-hybridized carbons (Fsp3) is 0.231. The summed E-state index contributed by atoms with van der Waals surface area (Å²) in [5.74, 6) is 0.337. The number of benzene rings is 3. The highest BCUT2D eigenvalue weighted by Gasteiger charge is 2.16. The highest BCUT2D eigenvalue weighted by Crippen LogP contribution is 2.31. The third kappa shape index (κ3) is 4.03. The molecule has 0 aliphatic heterocycles. The first-order valence-corrected chi connectivity index (χ1v) is 10.9. The number of nitrogens with zero attached hydrogens (tertiary/aromatic N) is 1. The van der Waals surface area contributed by atoms with Crippen LogP contribution in [0, 0.1) is 0 Å². The highest BCUT2D eigenvalue weighted by atomic mass is 35.5. The molecule has 0 saturated carbocycles. The van der Waals surface area contributed by atoms with Crippen LogP contribution in [0.2, 0.25) is 0 Å². The van der Waals surface area contributed by atoms with Crippen molar-refractivity contribution in [2.75, 3.05) is 5.88 Å². The minimum atomic E-state index is -0.00531. The van der Waals surface area contributed by atoms with Crippen molar-refractivity contribution in [3.05, 3.63) is 83.4 Å². The van der Waals surface area contributed by atoms with Crippen molar-refractivity contribution >= 4 is 45.0 Å². The molecule has 30 heavy (non-hydrogen) atoms. The van der Waals surface area contributed by atoms with Gasteiger partial charge in [0, 0.05) is 57.3 Å². The average Bonchev–Trinajstić information content (AvgIpc) is 3.12. The molecule has 0 spiro atoms. The number of carbonyl (C=O) groups excluding carboxylic acids is 2. The number of fused-ring (bicyclic) bond motifs is 3. The van der Waals surface area contributed by atoms with Gasteiger partial charge in [0.2, 0.25) is 0 Å². The zero-order valence-electron chi connectivity index (χ0n) is 17.6. The first-order chi connectivity index (χ1) is 14.6. The van der Waals surface area contributed by atoms with Crippen LogP contribution in [0.5, 0.6) is 0 Å². The summed E-state index contributed by atoms with van der Waals surface area (Å²) in [4.78, 5) is 25.2. The van der Waals surface area contributed by atoms with Crippen LogP contribution in [0.3, 0.4) is 0 Å². The number of ketones is 2. The van der Waals surface area contributed by atoms with E-state index >= 15 is 0 Å². The summed E-state index contributed by atoms with van der Waals surface area (Å²) in [5, 5.41) is 1.97. The Labute approximate surface area is 182 Å². The van der Waals surface area contributed by atoms with E-state index in [1.54, 1.807) is 0 Å². The smallest absolute Gasteiger partial charge is 0.193 e. The highest BCUT2D eigenvalue weighted by molar-refractivity contribution is 6.20. The number of Topliss-reactive ketones (excluding diaryl/α,β-unsaturated/α-hetero) is 1. The van der Waals surface area contributed by atoms with Crippen LogP contribution >= 0.6 is 11.6 Å². The molecule has 0 N–H and O–H groups in total. The summed E-state index contributed by atoms with van der Waals surface area (Å²) in [6.45, 7) is 6.90. The average molecular weight is 420 g/mol. The lowest BCUT2D eigenvalue weighted by molar-refractivity contribution is 0.0988. The van der Waals surface area contributed by atoms with Crippen LogP contribution in [-0.4, -0.2) is 22.0 Å². The summed E-state index contributed by atoms with van der Waals surface area (Å²) in [6, 6.07) is 20.9. The van der Waals surface area contributed by atoms with Gasteiger partial charge >= 0.3 is 0 Å². The predicted molar refractivity (Wildman–Crippen MR) is 126 cm³/mol. The van der Waals surface area contributed by atoms with Crippen molar-refractivity contribution in [2.24, 2.45) is 0 Å². The van der Waals surface area contributed by atoms with Crippen LogP contribution in [0.1, 0.15) is 53.5 Å². The molecule has 0 fully saturated rings. The van der Waals surface area contributed by atoms with E-state index in [4.69, 9.17) is 11.6 Å². The Bertz CT molecular complexity index is 1190. The number of aryl methyl sites for hydroxylation is 1. The third-order valence-corrected chi connectivity index (χ3v) is 5.31. The van der Waals surface area contributed by atoms with E-state index in [0.29, 0.717) is 29.0 Å². The maximum absolute atomic E-state index is 12.9. The van der Waals surface area contributed by atoms with Crippen LogP contribution in [0.25, 0.3) is 21.8 Å². The Morgan fingerprint density at radius 3 is 1.93 bits per heavy atom. The second kappa shape index (κ2) is 9.73. The Morgan fingerprint density at radius 2 is 1.37 bits per heavy atom. The van der Waals surface area contributed by atoms with Crippen LogP contribution in [-0.2, 0) is 6.54 Å². The first kappa shape index (κ1) is 21.8. The van der Waals surface area contributed by atoms with E-state index in [-0.39, 0.29) is 11.6 Å². The predicted octanol–water partition coefficient (Wildman–Crippen LogP) is 6.88. The van der Waals surface area contributed by atoms with Crippen molar-refractivity contribution in [1.82, 2.24) is 4.57 Å². The van der Waals surface area contributed by atoms with Gasteiger partial charge in [-0.25, -0.2) is 0 Å². The molecule has 3 aromatic carbocycles. The van der Waals surface area contributed by atoms with Crippen LogP contribution in [0.4, 0.5) is 0 Å². The van der Waals surface area contributed by atoms with E-state index in [9.17, 15) is 9.59 Å². The monoisotopic (exact) mass is 419 g/mol. The van der Waals surface area contributed by atoms with E-state index in [1.165, 1.54) is 0 Å². The van der Waals surface area contributed by atoms with E-state index in [1.807, 2.05) is 80.6 Å². The molecular weight excluding hydrogens is 394 g/mol. The number of rotatable bonds is 6. The molecule has 0 unspecified atom stereocenters. The summed E-state index contributed by atoms with van der Waals surface area (Å²) in [6.07, 6.45) is 0.317. The van der Waals surface area contributed by atoms with Crippen molar-refractivity contribution in [3.63, 3.8) is 0 Å². The van der Waals surface area contributed by atoms with Gasteiger partial charge in [0.05, 0.1) is 0 Å². The number of hydrogen-bond acceptors (Lipinski definition) is 2. The van der Waals surface area contributed by atoms with Crippen LogP contribution in [0.15, 0.2) is 66.7 Å². The van der Waals surface area contributed by atoms with Gasteiger partial charge < -0.3 is 4.57 Å². The summed E-state index contributed by atoms with van der Waals surface area (Å²) in [7, 11) is 0. The van der Waals surface area contributed by atoms with Crippen molar-refractivity contribution < 1.29 is 9.59 Å². The van der Waals surface area contributed by atoms with Gasteiger partial charge in [-0.05, 0) is 43.3 Å². The molecule has 1 heterocycles. The van der Waals surface area contributed by atoms with E-state index in [0.717, 1.165) is 28.4 Å². The molecule has 4 heteroatoms. The molecule has 0 radical (unpaired) electrons. The molecule has 1 aromatic heterocycles. The fourth-order valence-electron chi connectivity index (χ4n) is 3.75. The fourth-order valence-corrected chi connectivity index (χ4v) is 3.92. The molecule has 4 rings (SSSR count). The molecule has 4 aromatic rings. The Kier molecular flexibility index (Phi) is 7.07. The molecule has 0 amide bonds. The molecule has 0 bridgehead atoms. The van der Waals surface area contributed by atoms with Gasteiger partial charge in [0.1, 0.15) is 0 Å². The van der Waals surface area contributed by atoms with Gasteiger partial charge in [0.15, 0.2) is 11.6 Å². The molecule has 0 aliphatic rings. The minimum absolute atomic E-state index is 0.00531. The summed E-state index contributed by atoms with van der Waals surface area (Å²) < 4.78 is 2.21. The van der Waals surface area contributed by atoms with Crippen LogP contribution < -0.4 is 0 Å². The lowest BCUT2D eigenvalue weighted by Gasteiger charge is -2.04. The zero-order chi connectivity index (χ0) is 21.7. The molecule has 0 atom stereocenters. The quantitative estimate of drug-likeness (QED) is 0.252. The first-order valence-electron chi connectivity index (χ1n) is 10.4.